The number of thiol groups is 3. The molecule has 278 valence electrons. The molecule has 4 atom stereocenters. The van der Waals surface area contributed by atoms with E-state index in [0.29, 0.717) is 46.2 Å². The van der Waals surface area contributed by atoms with Crippen molar-refractivity contribution >= 4 is 61.4 Å². The molecule has 0 radical (unpaired) electrons. The largest absolute Gasteiger partial charge is 0.384 e. The third-order valence-electron chi connectivity index (χ3n) is 8.38. The highest BCUT2D eigenvalue weighted by Crippen LogP contribution is 2.30. The summed E-state index contributed by atoms with van der Waals surface area (Å²) in [6.45, 7) is 26.3. The van der Waals surface area contributed by atoms with Crippen LogP contribution >= 0.6 is 37.9 Å². The summed E-state index contributed by atoms with van der Waals surface area (Å²) in [5, 5.41) is 0. The van der Waals surface area contributed by atoms with E-state index >= 15 is 0 Å². The second kappa shape index (κ2) is 21.5. The van der Waals surface area contributed by atoms with E-state index < -0.39 is 22.0 Å². The molecule has 0 aromatic carbocycles. The van der Waals surface area contributed by atoms with Crippen molar-refractivity contribution in [1.29, 1.82) is 0 Å². The van der Waals surface area contributed by atoms with Crippen molar-refractivity contribution in [1.82, 2.24) is 0 Å². The van der Waals surface area contributed by atoms with Gasteiger partial charge in [-0.2, -0.15) is 37.9 Å². The topological polar surface area (TPSA) is 64.6 Å². The number of hydrogen-bond acceptors (Lipinski definition) is 10. The lowest BCUT2D eigenvalue weighted by Gasteiger charge is -2.42. The molecular weight excluding hydrogens is 649 g/mol. The highest BCUT2D eigenvalue weighted by atomic mass is 32.1. The van der Waals surface area contributed by atoms with E-state index in [4.69, 9.17) is 33.2 Å². The van der Waals surface area contributed by atoms with Crippen molar-refractivity contribution in [3.8, 4) is 0 Å². The average molecular weight is 723 g/mol. The standard InChI is InChI=1S/C34H73B3O7S3/c1-27(2)38-23-34(26-44-33(11,37)22-41-30(7,8)15-20-46,24-42-28(3,4)12-17-40-32(10,36)16-21-47)25-43-31(9,35)13-18-39-29(5,6)14-19-45/h27,45-47H,12-26,35-37H2,1-11H3. The fourth-order valence-corrected chi connectivity index (χ4v) is 5.98. The van der Waals surface area contributed by atoms with Crippen LogP contribution in [0.25, 0.3) is 0 Å². The second-order valence-electron chi connectivity index (χ2n) is 17.2. The van der Waals surface area contributed by atoms with E-state index in [-0.39, 0.29) is 22.8 Å². The fourth-order valence-electron chi connectivity index (χ4n) is 4.36. The van der Waals surface area contributed by atoms with Gasteiger partial charge in [0.15, 0.2) is 0 Å². The Labute approximate surface area is 309 Å². The molecule has 4 unspecified atom stereocenters. The Bertz CT molecular complexity index is 804. The summed E-state index contributed by atoms with van der Waals surface area (Å²) < 4.78 is 45.2. The molecule has 13 heteroatoms. The van der Waals surface area contributed by atoms with Crippen molar-refractivity contribution in [3.63, 3.8) is 0 Å². The van der Waals surface area contributed by atoms with Gasteiger partial charge >= 0.3 is 0 Å². The monoisotopic (exact) mass is 722 g/mol. The molecule has 0 saturated heterocycles. The maximum atomic E-state index is 6.72. The van der Waals surface area contributed by atoms with Gasteiger partial charge in [-0.15, -0.1) is 0 Å². The summed E-state index contributed by atoms with van der Waals surface area (Å²) in [5.41, 5.74) is -2.71. The lowest BCUT2D eigenvalue weighted by atomic mass is 9.79. The number of hydrogen-bond donors (Lipinski definition) is 3. The molecule has 0 saturated carbocycles. The summed E-state index contributed by atoms with van der Waals surface area (Å²) >= 11 is 13.2. The summed E-state index contributed by atoms with van der Waals surface area (Å²) in [4.78, 5) is 0. The second-order valence-corrected chi connectivity index (χ2v) is 18.5. The van der Waals surface area contributed by atoms with E-state index in [9.17, 15) is 0 Å². The van der Waals surface area contributed by atoms with Crippen LogP contribution in [0.5, 0.6) is 0 Å². The number of rotatable bonds is 29. The van der Waals surface area contributed by atoms with Crippen molar-refractivity contribution in [2.45, 2.75) is 148 Å². The molecule has 0 fully saturated rings. The van der Waals surface area contributed by atoms with Gasteiger partial charge in [-0.05, 0) is 126 Å². The molecule has 47 heavy (non-hydrogen) atoms. The average Bonchev–Trinajstić information content (AvgIpc) is 2.91. The maximum absolute atomic E-state index is 6.72. The van der Waals surface area contributed by atoms with Crippen LogP contribution in [0.1, 0.15) is 108 Å². The summed E-state index contributed by atoms with van der Waals surface area (Å²) in [6.07, 6.45) is 4.17. The van der Waals surface area contributed by atoms with E-state index in [2.05, 4.69) is 138 Å². The van der Waals surface area contributed by atoms with Crippen LogP contribution in [0.15, 0.2) is 0 Å². The van der Waals surface area contributed by atoms with Crippen LogP contribution in [0.4, 0.5) is 0 Å². The lowest BCUT2D eigenvalue weighted by molar-refractivity contribution is -0.179. The molecule has 0 heterocycles. The Kier molecular flexibility index (Phi) is 21.9. The van der Waals surface area contributed by atoms with Gasteiger partial charge in [0.1, 0.15) is 23.5 Å². The molecular formula is C34H73B3O7S3. The van der Waals surface area contributed by atoms with Gasteiger partial charge in [-0.3, -0.25) is 0 Å². The van der Waals surface area contributed by atoms with Crippen LogP contribution in [-0.4, -0.2) is 126 Å². The van der Waals surface area contributed by atoms with Gasteiger partial charge < -0.3 is 33.2 Å². The quantitative estimate of drug-likeness (QED) is 0.0770. The van der Waals surface area contributed by atoms with Gasteiger partial charge in [0.25, 0.3) is 0 Å². The predicted molar refractivity (Wildman–Crippen MR) is 217 cm³/mol. The van der Waals surface area contributed by atoms with Crippen LogP contribution in [-0.2, 0) is 33.2 Å². The first-order valence-corrected chi connectivity index (χ1v) is 19.5. The van der Waals surface area contributed by atoms with Gasteiger partial charge in [-0.25, -0.2) is 0 Å². The molecule has 0 amide bonds. The molecule has 0 spiro atoms. The zero-order valence-corrected chi connectivity index (χ0v) is 35.6. The zero-order valence-electron chi connectivity index (χ0n) is 32.9. The highest BCUT2D eigenvalue weighted by Gasteiger charge is 2.39. The van der Waals surface area contributed by atoms with Crippen LogP contribution < -0.4 is 0 Å². The van der Waals surface area contributed by atoms with E-state index in [1.165, 1.54) is 0 Å². The van der Waals surface area contributed by atoms with E-state index in [1.54, 1.807) is 0 Å². The summed E-state index contributed by atoms with van der Waals surface area (Å²) in [6, 6.07) is 0. The molecule has 0 aromatic rings. The minimum atomic E-state index is -0.574. The van der Waals surface area contributed by atoms with E-state index in [1.807, 2.05) is 0 Å². The molecule has 0 bridgehead atoms. The lowest BCUT2D eigenvalue weighted by Crippen LogP contribution is -2.50. The Morgan fingerprint density at radius 3 is 1.36 bits per heavy atom. The first kappa shape index (κ1) is 48.0. The first-order chi connectivity index (χ1) is 21.3. The first-order valence-electron chi connectivity index (χ1n) is 17.6. The Morgan fingerprint density at radius 2 is 0.851 bits per heavy atom. The Balaban J connectivity index is 6.00. The maximum Gasteiger partial charge on any atom is 0.145 e. The van der Waals surface area contributed by atoms with Gasteiger partial charge in [0.2, 0.25) is 0 Å². The Hall–Kier alpha value is 0.965. The van der Waals surface area contributed by atoms with Gasteiger partial charge in [0.05, 0.1) is 66.9 Å². The van der Waals surface area contributed by atoms with Crippen molar-refractivity contribution in [2.24, 2.45) is 5.41 Å². The fraction of sp³-hybridized carbons (Fsp3) is 1.00. The SMILES string of the molecule is BC(C)(CCS)OCCC(C)(C)OCC(COC(C)C)(COC(B)(C)CCOC(C)(C)CCS)COC(B)(C)COC(C)(C)CCS. The molecule has 0 aliphatic carbocycles. The van der Waals surface area contributed by atoms with Crippen molar-refractivity contribution in [3.05, 3.63) is 0 Å². The highest BCUT2D eigenvalue weighted by molar-refractivity contribution is 7.80. The van der Waals surface area contributed by atoms with Gasteiger partial charge in [0, 0.05) is 24.2 Å². The number of ether oxygens (including phenoxy) is 7. The van der Waals surface area contributed by atoms with Crippen LogP contribution in [0, 0.1) is 5.41 Å². The van der Waals surface area contributed by atoms with Crippen LogP contribution in [0.3, 0.4) is 0 Å². The molecule has 0 N–H and O–H groups in total. The minimum Gasteiger partial charge on any atom is -0.384 e. The molecule has 0 rings (SSSR count). The zero-order chi connectivity index (χ0) is 36.6. The minimum absolute atomic E-state index is 0.0405. The summed E-state index contributed by atoms with van der Waals surface area (Å²) in [7, 11) is 6.30. The third kappa shape index (κ3) is 24.0. The van der Waals surface area contributed by atoms with Crippen LogP contribution in [0.2, 0.25) is 0 Å². The molecule has 0 aliphatic rings. The predicted octanol–water partition coefficient (Wildman–Crippen LogP) is 4.62. The van der Waals surface area contributed by atoms with Gasteiger partial charge in [-0.1, -0.05) is 0 Å². The molecule has 0 aliphatic heterocycles. The third-order valence-corrected chi connectivity index (χ3v) is 9.05. The van der Waals surface area contributed by atoms with E-state index in [0.717, 1.165) is 49.4 Å². The molecule has 7 nitrogen and oxygen atoms in total. The molecule has 0 aromatic heterocycles. The summed E-state index contributed by atoms with van der Waals surface area (Å²) in [5.74, 6) is 2.34. The van der Waals surface area contributed by atoms with Crippen molar-refractivity contribution in [2.75, 3.05) is 63.5 Å². The normalized spacial score (nSPS) is 18.4. The van der Waals surface area contributed by atoms with Crippen molar-refractivity contribution < 1.29 is 33.2 Å². The Morgan fingerprint density at radius 1 is 0.447 bits per heavy atom. The smallest absolute Gasteiger partial charge is 0.145 e.